The van der Waals surface area contributed by atoms with Gasteiger partial charge in [0, 0.05) is 12.2 Å². The Morgan fingerprint density at radius 3 is 2.40 bits per heavy atom. The minimum absolute atomic E-state index is 0.00709. The molecule has 0 bridgehead atoms. The summed E-state index contributed by atoms with van der Waals surface area (Å²) < 4.78 is 7.99. The molecule has 1 unspecified atom stereocenters. The van der Waals surface area contributed by atoms with E-state index in [0.717, 1.165) is 37.1 Å². The van der Waals surface area contributed by atoms with E-state index in [0.29, 0.717) is 0 Å². The number of benzene rings is 1. The van der Waals surface area contributed by atoms with Gasteiger partial charge >= 0.3 is 0 Å². The van der Waals surface area contributed by atoms with Crippen LogP contribution in [0.4, 0.5) is 0 Å². The average molecular weight is 344 g/mol. The molecule has 0 aliphatic rings. The van der Waals surface area contributed by atoms with Crippen LogP contribution in [-0.4, -0.2) is 21.6 Å². The number of nitrogens with zero attached hydrogens (tertiary/aromatic N) is 3. The molecule has 1 aromatic carbocycles. The number of hydrogen-bond acceptors (Lipinski definition) is 3. The molecule has 4 nitrogen and oxygen atoms in total. The van der Waals surface area contributed by atoms with Crippen molar-refractivity contribution in [3.63, 3.8) is 0 Å². The van der Waals surface area contributed by atoms with Crippen molar-refractivity contribution < 1.29 is 4.74 Å². The van der Waals surface area contributed by atoms with Gasteiger partial charge in [0.1, 0.15) is 5.69 Å². The van der Waals surface area contributed by atoms with E-state index >= 15 is 0 Å². The van der Waals surface area contributed by atoms with Gasteiger partial charge in [-0.1, -0.05) is 87.4 Å². The lowest BCUT2D eigenvalue weighted by Crippen LogP contribution is -2.14. The lowest BCUT2D eigenvalue weighted by molar-refractivity contribution is -0.0152. The second-order valence-electron chi connectivity index (χ2n) is 6.83. The number of hydrogen-bond donors (Lipinski definition) is 0. The maximum atomic E-state index is 6.10. The summed E-state index contributed by atoms with van der Waals surface area (Å²) >= 11 is 0. The van der Waals surface area contributed by atoms with Gasteiger partial charge in [0.05, 0.1) is 6.20 Å². The van der Waals surface area contributed by atoms with Crippen molar-refractivity contribution >= 4 is 0 Å². The van der Waals surface area contributed by atoms with E-state index in [1.807, 2.05) is 10.9 Å². The third-order valence-corrected chi connectivity index (χ3v) is 4.50. The van der Waals surface area contributed by atoms with Gasteiger partial charge < -0.3 is 4.74 Å². The molecule has 0 amide bonds. The standard InChI is InChI=1S/C21H33N3O/c1-4-6-7-8-9-10-16-25-21(11-5-2)24-17-20(22-23-24)19-14-12-18(3)13-15-19/h12-15,17,21H,4-11,16H2,1-3H3. The summed E-state index contributed by atoms with van der Waals surface area (Å²) in [6, 6.07) is 8.39. The summed E-state index contributed by atoms with van der Waals surface area (Å²) in [6.45, 7) is 7.32. The predicted molar refractivity (Wildman–Crippen MR) is 103 cm³/mol. The van der Waals surface area contributed by atoms with Gasteiger partial charge in [-0.05, 0) is 19.8 Å². The quantitative estimate of drug-likeness (QED) is 0.448. The Bertz CT molecular complexity index is 591. The van der Waals surface area contributed by atoms with Crippen LogP contribution in [0, 0.1) is 6.92 Å². The van der Waals surface area contributed by atoms with E-state index in [4.69, 9.17) is 4.74 Å². The Morgan fingerprint density at radius 1 is 0.960 bits per heavy atom. The molecule has 2 aromatic rings. The normalized spacial score (nSPS) is 12.4. The molecule has 1 heterocycles. The van der Waals surface area contributed by atoms with Crippen LogP contribution in [0.25, 0.3) is 11.3 Å². The first-order valence-electron chi connectivity index (χ1n) is 9.85. The molecule has 0 radical (unpaired) electrons. The van der Waals surface area contributed by atoms with E-state index in [1.54, 1.807) is 0 Å². The molecule has 2 rings (SSSR count). The summed E-state index contributed by atoms with van der Waals surface area (Å²) in [4.78, 5) is 0. The van der Waals surface area contributed by atoms with Gasteiger partial charge in [-0.25, -0.2) is 4.68 Å². The number of ether oxygens (including phenoxy) is 1. The van der Waals surface area contributed by atoms with Crippen LogP contribution < -0.4 is 0 Å². The molecular formula is C21H33N3O. The first-order chi connectivity index (χ1) is 12.2. The average Bonchev–Trinajstić information content (AvgIpc) is 3.10. The Hall–Kier alpha value is -1.68. The predicted octanol–water partition coefficient (Wildman–Crippen LogP) is 5.93. The summed E-state index contributed by atoms with van der Waals surface area (Å²) in [5.74, 6) is 0. The smallest absolute Gasteiger partial charge is 0.151 e. The Balaban J connectivity index is 1.86. The minimum Gasteiger partial charge on any atom is -0.356 e. The lowest BCUT2D eigenvalue weighted by Gasteiger charge is -2.17. The number of aromatic nitrogens is 3. The highest BCUT2D eigenvalue weighted by Gasteiger charge is 2.13. The third-order valence-electron chi connectivity index (χ3n) is 4.50. The molecule has 0 fully saturated rings. The largest absolute Gasteiger partial charge is 0.356 e. The van der Waals surface area contributed by atoms with Gasteiger partial charge in [-0.15, -0.1) is 5.10 Å². The molecule has 1 atom stereocenters. The maximum Gasteiger partial charge on any atom is 0.151 e. The minimum atomic E-state index is -0.00709. The van der Waals surface area contributed by atoms with E-state index in [-0.39, 0.29) is 6.23 Å². The van der Waals surface area contributed by atoms with Crippen LogP contribution in [0.5, 0.6) is 0 Å². The first-order valence-corrected chi connectivity index (χ1v) is 9.85. The summed E-state index contributed by atoms with van der Waals surface area (Å²) in [5.41, 5.74) is 3.26. The number of aryl methyl sites for hydroxylation is 1. The highest BCUT2D eigenvalue weighted by Crippen LogP contribution is 2.21. The summed E-state index contributed by atoms with van der Waals surface area (Å²) in [5, 5.41) is 8.65. The SMILES string of the molecule is CCCCCCCCOC(CCC)n1cc(-c2ccc(C)cc2)nn1. The van der Waals surface area contributed by atoms with Gasteiger partial charge in [0.25, 0.3) is 0 Å². The van der Waals surface area contributed by atoms with Crippen molar-refractivity contribution in [2.75, 3.05) is 6.61 Å². The van der Waals surface area contributed by atoms with Crippen molar-refractivity contribution in [3.05, 3.63) is 36.0 Å². The fourth-order valence-corrected chi connectivity index (χ4v) is 2.91. The van der Waals surface area contributed by atoms with Gasteiger partial charge in [-0.2, -0.15) is 0 Å². The summed E-state index contributed by atoms with van der Waals surface area (Å²) in [6.07, 6.45) is 11.7. The van der Waals surface area contributed by atoms with Crippen LogP contribution >= 0.6 is 0 Å². The maximum absolute atomic E-state index is 6.10. The molecule has 0 spiro atoms. The van der Waals surface area contributed by atoms with Gasteiger partial charge in [0.15, 0.2) is 6.23 Å². The van der Waals surface area contributed by atoms with Crippen molar-refractivity contribution in [2.45, 2.75) is 78.4 Å². The zero-order valence-corrected chi connectivity index (χ0v) is 16.1. The molecular weight excluding hydrogens is 310 g/mol. The fraction of sp³-hybridized carbons (Fsp3) is 0.619. The highest BCUT2D eigenvalue weighted by molar-refractivity contribution is 5.57. The topological polar surface area (TPSA) is 39.9 Å². The van der Waals surface area contributed by atoms with E-state index in [2.05, 4.69) is 55.3 Å². The van der Waals surface area contributed by atoms with Gasteiger partial charge in [-0.3, -0.25) is 0 Å². The van der Waals surface area contributed by atoms with Crippen LogP contribution in [-0.2, 0) is 4.74 Å². The monoisotopic (exact) mass is 343 g/mol. The van der Waals surface area contributed by atoms with Crippen LogP contribution in [0.3, 0.4) is 0 Å². The highest BCUT2D eigenvalue weighted by atomic mass is 16.5. The molecule has 4 heteroatoms. The second kappa shape index (κ2) is 11.0. The van der Waals surface area contributed by atoms with Crippen molar-refractivity contribution in [2.24, 2.45) is 0 Å². The fourth-order valence-electron chi connectivity index (χ4n) is 2.91. The molecule has 0 saturated heterocycles. The number of rotatable bonds is 12. The lowest BCUT2D eigenvalue weighted by atomic mass is 10.1. The first kappa shape index (κ1) is 19.6. The van der Waals surface area contributed by atoms with Crippen LogP contribution in [0.15, 0.2) is 30.5 Å². The van der Waals surface area contributed by atoms with Crippen molar-refractivity contribution in [1.82, 2.24) is 15.0 Å². The van der Waals surface area contributed by atoms with Gasteiger partial charge in [0.2, 0.25) is 0 Å². The van der Waals surface area contributed by atoms with Crippen molar-refractivity contribution in [3.8, 4) is 11.3 Å². The third kappa shape index (κ3) is 6.62. The van der Waals surface area contributed by atoms with E-state index < -0.39 is 0 Å². The van der Waals surface area contributed by atoms with Crippen LogP contribution in [0.1, 0.15) is 77.0 Å². The molecule has 0 aliphatic heterocycles. The number of unbranched alkanes of at least 4 members (excludes halogenated alkanes) is 5. The molecule has 1 aromatic heterocycles. The Labute approximate surface area is 152 Å². The van der Waals surface area contributed by atoms with E-state index in [9.17, 15) is 0 Å². The molecule has 0 N–H and O–H groups in total. The molecule has 138 valence electrons. The Morgan fingerprint density at radius 2 is 1.68 bits per heavy atom. The van der Waals surface area contributed by atoms with Crippen molar-refractivity contribution in [1.29, 1.82) is 0 Å². The molecule has 25 heavy (non-hydrogen) atoms. The molecule has 0 saturated carbocycles. The zero-order chi connectivity index (χ0) is 17.9. The zero-order valence-electron chi connectivity index (χ0n) is 16.1. The Kier molecular flexibility index (Phi) is 8.67. The molecule has 0 aliphatic carbocycles. The second-order valence-corrected chi connectivity index (χ2v) is 6.83. The van der Waals surface area contributed by atoms with E-state index in [1.165, 1.54) is 37.7 Å². The summed E-state index contributed by atoms with van der Waals surface area (Å²) in [7, 11) is 0. The van der Waals surface area contributed by atoms with Crippen LogP contribution in [0.2, 0.25) is 0 Å².